The summed E-state index contributed by atoms with van der Waals surface area (Å²) in [5.74, 6) is 0.930. The molecule has 5 rings (SSSR count). The van der Waals surface area contributed by atoms with Crippen LogP contribution in [0, 0.1) is 0 Å². The second-order valence-electron chi connectivity index (χ2n) is 8.67. The van der Waals surface area contributed by atoms with E-state index in [0.717, 1.165) is 0 Å². The van der Waals surface area contributed by atoms with E-state index in [4.69, 9.17) is 20.4 Å². The summed E-state index contributed by atoms with van der Waals surface area (Å²) in [4.78, 5) is 31.5. The number of imidazole rings is 1. The quantitative estimate of drug-likeness (QED) is 0.580. The molecule has 2 aromatic heterocycles. The number of benzene rings is 1. The van der Waals surface area contributed by atoms with Crippen molar-refractivity contribution < 1.29 is 18.3 Å². The molecule has 35 heavy (non-hydrogen) atoms. The number of piperazine rings is 1. The summed E-state index contributed by atoms with van der Waals surface area (Å²) in [7, 11) is 0. The summed E-state index contributed by atoms with van der Waals surface area (Å²) >= 11 is 0. The summed E-state index contributed by atoms with van der Waals surface area (Å²) < 4.78 is 35.1. The van der Waals surface area contributed by atoms with Crippen molar-refractivity contribution in [2.24, 2.45) is 5.73 Å². The van der Waals surface area contributed by atoms with Crippen LogP contribution in [0.25, 0.3) is 16.9 Å². The number of hydrogen-bond donors (Lipinski definition) is 1. The van der Waals surface area contributed by atoms with E-state index in [1.165, 1.54) is 4.57 Å². The molecule has 0 unspecified atom stereocenters. The number of fused-ring (bicyclic) bond motifs is 1. The van der Waals surface area contributed by atoms with Gasteiger partial charge in [-0.25, -0.2) is 13.8 Å². The minimum Gasteiger partial charge on any atom is -0.377 e. The van der Waals surface area contributed by atoms with Crippen LogP contribution in [-0.4, -0.2) is 88.9 Å². The van der Waals surface area contributed by atoms with Gasteiger partial charge in [0.15, 0.2) is 5.82 Å². The van der Waals surface area contributed by atoms with Crippen molar-refractivity contribution in [1.82, 2.24) is 24.4 Å². The Labute approximate surface area is 201 Å². The number of nitrogens with zero attached hydrogens (tertiary/aromatic N) is 7. The number of para-hydroxylation sites is 2. The van der Waals surface area contributed by atoms with Gasteiger partial charge in [0, 0.05) is 38.8 Å². The first-order valence-corrected chi connectivity index (χ1v) is 11.7. The lowest BCUT2D eigenvalue weighted by molar-refractivity contribution is -0.129. The maximum Gasteiger partial charge on any atom is 0.296 e. The lowest BCUT2D eigenvalue weighted by atomic mass is 10.2. The molecule has 4 heterocycles. The lowest BCUT2D eigenvalue weighted by Gasteiger charge is -2.37. The van der Waals surface area contributed by atoms with Crippen LogP contribution in [0.5, 0.6) is 0 Å². The number of carbonyl (C=O) groups is 1. The first kappa shape index (κ1) is 23.4. The highest BCUT2D eigenvalue weighted by atomic mass is 19.3. The van der Waals surface area contributed by atoms with Gasteiger partial charge in [0.1, 0.15) is 11.6 Å². The second-order valence-corrected chi connectivity index (χ2v) is 8.67. The summed E-state index contributed by atoms with van der Waals surface area (Å²) in [5, 5.41) is 0. The van der Waals surface area contributed by atoms with Crippen LogP contribution in [0.2, 0.25) is 0 Å². The average molecular weight is 487 g/mol. The molecular formula is C23H28F2N8O2. The normalized spacial score (nSPS) is 19.1. The predicted molar refractivity (Wildman–Crippen MR) is 127 cm³/mol. The third-order valence-corrected chi connectivity index (χ3v) is 6.45. The molecule has 10 nitrogen and oxygen atoms in total. The number of amides is 1. The van der Waals surface area contributed by atoms with Gasteiger partial charge in [0.25, 0.3) is 6.43 Å². The molecule has 2 N–H and O–H groups in total. The first-order chi connectivity index (χ1) is 17.0. The van der Waals surface area contributed by atoms with Gasteiger partial charge < -0.3 is 25.2 Å². The summed E-state index contributed by atoms with van der Waals surface area (Å²) in [6.07, 6.45) is -2.78. The second kappa shape index (κ2) is 9.70. The molecule has 2 aliphatic heterocycles. The van der Waals surface area contributed by atoms with Crippen LogP contribution >= 0.6 is 0 Å². The number of anilines is 2. The average Bonchev–Trinajstić information content (AvgIpc) is 3.28. The van der Waals surface area contributed by atoms with Crippen molar-refractivity contribution in [3.05, 3.63) is 36.2 Å². The minimum atomic E-state index is -2.78. The van der Waals surface area contributed by atoms with E-state index in [2.05, 4.69) is 4.98 Å². The molecule has 1 amide bonds. The van der Waals surface area contributed by atoms with E-state index in [9.17, 15) is 13.6 Å². The van der Waals surface area contributed by atoms with Crippen LogP contribution in [0.15, 0.2) is 30.3 Å². The summed E-state index contributed by atoms with van der Waals surface area (Å²) in [6, 6.07) is 8.76. The van der Waals surface area contributed by atoms with E-state index in [0.29, 0.717) is 74.6 Å². The lowest BCUT2D eigenvalue weighted by Crippen LogP contribution is -2.50. The van der Waals surface area contributed by atoms with Gasteiger partial charge >= 0.3 is 0 Å². The van der Waals surface area contributed by atoms with Crippen LogP contribution < -0.4 is 15.5 Å². The SMILES string of the molecule is C[C@H]1COCCN1c1nc(N2CCN(C(=O)CN)CC2)cc(-n2c(C(F)F)nc3ccccc32)n1. The third-order valence-electron chi connectivity index (χ3n) is 6.45. The fourth-order valence-corrected chi connectivity index (χ4v) is 4.59. The molecule has 0 bridgehead atoms. The molecule has 0 radical (unpaired) electrons. The number of rotatable bonds is 5. The Morgan fingerprint density at radius 2 is 1.86 bits per heavy atom. The van der Waals surface area contributed by atoms with Crippen molar-refractivity contribution in [1.29, 1.82) is 0 Å². The molecule has 0 aliphatic carbocycles. The smallest absolute Gasteiger partial charge is 0.296 e. The molecule has 2 aliphatic rings. The molecule has 2 fully saturated rings. The number of hydrogen-bond acceptors (Lipinski definition) is 8. The fourth-order valence-electron chi connectivity index (χ4n) is 4.59. The number of alkyl halides is 2. The van der Waals surface area contributed by atoms with E-state index < -0.39 is 6.43 Å². The Bertz CT molecular complexity index is 1210. The van der Waals surface area contributed by atoms with E-state index in [1.54, 1.807) is 35.2 Å². The molecule has 1 aromatic carbocycles. The van der Waals surface area contributed by atoms with Gasteiger partial charge in [0.2, 0.25) is 11.9 Å². The molecule has 2 saturated heterocycles. The highest BCUT2D eigenvalue weighted by Crippen LogP contribution is 2.30. The highest BCUT2D eigenvalue weighted by molar-refractivity contribution is 5.79. The highest BCUT2D eigenvalue weighted by Gasteiger charge is 2.28. The molecule has 3 aromatic rings. The Kier molecular flexibility index (Phi) is 6.48. The van der Waals surface area contributed by atoms with Crippen molar-refractivity contribution in [3.63, 3.8) is 0 Å². The zero-order valence-corrected chi connectivity index (χ0v) is 19.5. The minimum absolute atomic E-state index is 0.0270. The Balaban J connectivity index is 1.60. The maximum absolute atomic E-state index is 14.1. The van der Waals surface area contributed by atoms with Gasteiger partial charge in [-0.05, 0) is 19.1 Å². The van der Waals surface area contributed by atoms with Crippen molar-refractivity contribution in [3.8, 4) is 5.82 Å². The predicted octanol–water partition coefficient (Wildman–Crippen LogP) is 1.59. The molecule has 0 saturated carbocycles. The van der Waals surface area contributed by atoms with E-state index in [1.807, 2.05) is 16.7 Å². The van der Waals surface area contributed by atoms with Gasteiger partial charge in [-0.3, -0.25) is 9.36 Å². The Hall–Kier alpha value is -3.38. The topological polar surface area (TPSA) is 106 Å². The van der Waals surface area contributed by atoms with Gasteiger partial charge in [0.05, 0.1) is 36.8 Å². The first-order valence-electron chi connectivity index (χ1n) is 11.7. The maximum atomic E-state index is 14.1. The van der Waals surface area contributed by atoms with Crippen LogP contribution in [0.1, 0.15) is 19.2 Å². The molecule has 0 spiro atoms. The number of ether oxygens (including phenoxy) is 1. The van der Waals surface area contributed by atoms with E-state index >= 15 is 0 Å². The largest absolute Gasteiger partial charge is 0.377 e. The zero-order valence-electron chi connectivity index (χ0n) is 19.5. The van der Waals surface area contributed by atoms with Gasteiger partial charge in [-0.15, -0.1) is 0 Å². The van der Waals surface area contributed by atoms with Crippen LogP contribution in [0.4, 0.5) is 20.5 Å². The standard InChI is InChI=1S/C23H28F2N8O2/c1-15-14-35-11-10-32(15)23-28-18(30-6-8-31(9-7-30)20(34)13-26)12-19(29-23)33-17-5-3-2-4-16(17)27-22(33)21(24)25/h2-5,12,15,21H,6-11,13-14,26H2,1H3/t15-/m0/s1. The van der Waals surface area contributed by atoms with Gasteiger partial charge in [-0.1, -0.05) is 12.1 Å². The van der Waals surface area contributed by atoms with Crippen molar-refractivity contribution in [2.75, 3.05) is 62.3 Å². The summed E-state index contributed by atoms with van der Waals surface area (Å²) in [5.41, 5.74) is 6.53. The summed E-state index contributed by atoms with van der Waals surface area (Å²) in [6.45, 7) is 5.76. The third kappa shape index (κ3) is 4.50. The Morgan fingerprint density at radius 1 is 1.11 bits per heavy atom. The number of carbonyl (C=O) groups excluding carboxylic acids is 1. The van der Waals surface area contributed by atoms with Crippen LogP contribution in [-0.2, 0) is 9.53 Å². The van der Waals surface area contributed by atoms with E-state index in [-0.39, 0.29) is 24.3 Å². The number of nitrogens with two attached hydrogens (primary N) is 1. The fraction of sp³-hybridized carbons (Fsp3) is 0.478. The Morgan fingerprint density at radius 3 is 2.57 bits per heavy atom. The van der Waals surface area contributed by atoms with Gasteiger partial charge in [-0.2, -0.15) is 9.97 Å². The molecular weight excluding hydrogens is 458 g/mol. The number of halogens is 2. The monoisotopic (exact) mass is 486 g/mol. The number of aromatic nitrogens is 4. The molecule has 186 valence electrons. The zero-order chi connectivity index (χ0) is 24.5. The number of morpholine rings is 1. The molecule has 1 atom stereocenters. The van der Waals surface area contributed by atoms with Crippen molar-refractivity contribution >= 4 is 28.7 Å². The van der Waals surface area contributed by atoms with Crippen LogP contribution in [0.3, 0.4) is 0 Å². The van der Waals surface area contributed by atoms with Crippen molar-refractivity contribution in [2.45, 2.75) is 19.4 Å². The molecule has 12 heteroatoms.